The summed E-state index contributed by atoms with van der Waals surface area (Å²) in [6, 6.07) is 11.9. The van der Waals surface area contributed by atoms with Gasteiger partial charge in [-0.15, -0.1) is 0 Å². The Labute approximate surface area is 248 Å². The highest BCUT2D eigenvalue weighted by molar-refractivity contribution is 7.87. The molecule has 14 heteroatoms. The van der Waals surface area contributed by atoms with Crippen LogP contribution in [-0.4, -0.2) is 73.2 Å². The third-order valence-corrected chi connectivity index (χ3v) is 9.23. The zero-order valence-corrected chi connectivity index (χ0v) is 24.7. The maximum atomic E-state index is 14.3. The number of carbonyl (C=O) groups is 1. The summed E-state index contributed by atoms with van der Waals surface area (Å²) in [5, 5.41) is 12.1. The Morgan fingerprint density at radius 1 is 0.975 bits per heavy atom. The van der Waals surface area contributed by atoms with E-state index in [0.717, 1.165) is 19.3 Å². The number of aromatic amines is 1. The molecule has 0 saturated carbocycles. The second kappa shape index (κ2) is 12.7. The van der Waals surface area contributed by atoms with E-state index in [9.17, 15) is 13.2 Å². The Balaban J connectivity index is 1.55. The quantitative estimate of drug-likeness (QED) is 0.373. The summed E-state index contributed by atoms with van der Waals surface area (Å²) in [6.07, 6.45) is 2.90. The number of benzene rings is 2. The van der Waals surface area contributed by atoms with Gasteiger partial charge >= 0.3 is 0 Å². The molecule has 2 saturated heterocycles. The molecule has 3 heterocycles. The normalized spacial score (nSPS) is 17.2. The highest BCUT2D eigenvalue weighted by atomic mass is 35.5. The first-order valence-corrected chi connectivity index (χ1v) is 15.5. The lowest BCUT2D eigenvalue weighted by Gasteiger charge is -2.37. The Kier molecular flexibility index (Phi) is 9.33. The fraction of sp³-hybridized carbons (Fsp3) is 0.385. The number of anilines is 1. The molecular formula is C26H29Cl3N6O4S. The predicted molar refractivity (Wildman–Crippen MR) is 156 cm³/mol. The van der Waals surface area contributed by atoms with Crippen LogP contribution in [0.2, 0.25) is 15.1 Å². The van der Waals surface area contributed by atoms with Crippen LogP contribution in [0.25, 0.3) is 11.3 Å². The topological polar surface area (TPSA) is 111 Å². The SMILES string of the molecule is O=C(c1[nH]nc(-c2ccc(Cl)cc2)c1CNS(=O)(=O)N1CCOCC1)N(c1ccc(Cl)cc1Cl)N1CCCCC1. The number of ether oxygens (including phenoxy) is 1. The Morgan fingerprint density at radius 2 is 1.65 bits per heavy atom. The zero-order valence-electron chi connectivity index (χ0n) is 21.6. The summed E-state index contributed by atoms with van der Waals surface area (Å²) in [7, 11) is -3.84. The molecule has 0 unspecified atom stereocenters. The minimum Gasteiger partial charge on any atom is -0.379 e. The molecule has 0 atom stereocenters. The van der Waals surface area contributed by atoms with E-state index in [-0.39, 0.29) is 25.3 Å². The number of halogens is 3. The average Bonchev–Trinajstić information content (AvgIpc) is 3.39. The van der Waals surface area contributed by atoms with Crippen LogP contribution in [0, 0.1) is 0 Å². The van der Waals surface area contributed by atoms with Crippen LogP contribution in [-0.2, 0) is 21.5 Å². The zero-order chi connectivity index (χ0) is 28.3. The van der Waals surface area contributed by atoms with Gasteiger partial charge in [-0.2, -0.15) is 22.5 Å². The third-order valence-electron chi connectivity index (χ3n) is 6.89. The highest BCUT2D eigenvalue weighted by Gasteiger charge is 2.33. The number of aromatic nitrogens is 2. The second-order valence-corrected chi connectivity index (χ2v) is 12.5. The molecule has 0 aliphatic carbocycles. The van der Waals surface area contributed by atoms with E-state index in [4.69, 9.17) is 39.5 Å². The maximum absolute atomic E-state index is 14.3. The fourth-order valence-electron chi connectivity index (χ4n) is 4.83. The van der Waals surface area contributed by atoms with Crippen LogP contribution in [0.1, 0.15) is 35.3 Å². The minimum atomic E-state index is -3.84. The van der Waals surface area contributed by atoms with Crippen LogP contribution in [0.4, 0.5) is 5.69 Å². The van der Waals surface area contributed by atoms with Crippen molar-refractivity contribution in [2.45, 2.75) is 25.8 Å². The lowest BCUT2D eigenvalue weighted by Crippen LogP contribution is -2.50. The molecule has 3 aromatic rings. The second-order valence-electron chi connectivity index (χ2n) is 9.50. The average molecular weight is 628 g/mol. The van der Waals surface area contributed by atoms with Crippen LogP contribution in [0.5, 0.6) is 0 Å². The van der Waals surface area contributed by atoms with Crippen LogP contribution in [0.3, 0.4) is 0 Å². The Morgan fingerprint density at radius 3 is 2.33 bits per heavy atom. The highest BCUT2D eigenvalue weighted by Crippen LogP contribution is 2.34. The third kappa shape index (κ3) is 6.47. The molecule has 0 radical (unpaired) electrons. The standard InChI is InChI=1S/C26H29Cl3N6O4S/c27-19-6-4-18(5-7-19)24-21(17-30-40(37,38)34-12-14-39-15-13-34)25(32-31-24)26(36)35(33-10-2-1-3-11-33)23-9-8-20(28)16-22(23)29/h4-9,16,30H,1-3,10-15,17H2,(H,31,32). The van der Waals surface area contributed by atoms with Crippen molar-refractivity contribution in [1.29, 1.82) is 0 Å². The van der Waals surface area contributed by atoms with Crippen molar-refractivity contribution in [3.8, 4) is 11.3 Å². The van der Waals surface area contributed by atoms with Crippen molar-refractivity contribution >= 4 is 56.6 Å². The number of amides is 1. The molecule has 2 aromatic carbocycles. The van der Waals surface area contributed by atoms with Gasteiger partial charge in [0.1, 0.15) is 5.69 Å². The Hall–Kier alpha value is -2.22. The summed E-state index contributed by atoms with van der Waals surface area (Å²) in [5.74, 6) is -0.417. The van der Waals surface area contributed by atoms with E-state index in [0.29, 0.717) is 63.9 Å². The van der Waals surface area contributed by atoms with Gasteiger partial charge in [-0.3, -0.25) is 9.89 Å². The van der Waals surface area contributed by atoms with Gasteiger partial charge in [0, 0.05) is 53.9 Å². The van der Waals surface area contributed by atoms with Gasteiger partial charge in [0.25, 0.3) is 16.1 Å². The number of carbonyl (C=O) groups excluding carboxylic acids is 1. The minimum absolute atomic E-state index is 0.145. The van der Waals surface area contributed by atoms with Gasteiger partial charge in [-0.1, -0.05) is 53.4 Å². The molecule has 214 valence electrons. The van der Waals surface area contributed by atoms with E-state index < -0.39 is 16.1 Å². The monoisotopic (exact) mass is 626 g/mol. The van der Waals surface area contributed by atoms with Crippen LogP contribution >= 0.6 is 34.8 Å². The summed E-state index contributed by atoms with van der Waals surface area (Å²) in [6.45, 7) is 2.27. The largest absolute Gasteiger partial charge is 0.379 e. The fourth-order valence-corrected chi connectivity index (χ4v) is 6.58. The molecule has 1 amide bonds. The molecule has 0 spiro atoms. The summed E-state index contributed by atoms with van der Waals surface area (Å²) >= 11 is 18.8. The number of nitrogens with zero attached hydrogens (tertiary/aromatic N) is 4. The van der Waals surface area contributed by atoms with E-state index in [1.807, 2.05) is 5.01 Å². The smallest absolute Gasteiger partial charge is 0.291 e. The number of nitrogens with one attached hydrogen (secondary N) is 2. The molecule has 5 rings (SSSR count). The summed E-state index contributed by atoms with van der Waals surface area (Å²) in [4.78, 5) is 14.3. The molecule has 2 aliphatic rings. The Bertz CT molecular complexity index is 1460. The molecule has 1 aromatic heterocycles. The number of hydrazine groups is 1. The molecule has 2 fully saturated rings. The molecule has 2 aliphatic heterocycles. The molecular weight excluding hydrogens is 599 g/mol. The van der Waals surface area contributed by atoms with Gasteiger partial charge in [-0.05, 0) is 43.2 Å². The van der Waals surface area contributed by atoms with E-state index in [1.165, 1.54) is 9.31 Å². The van der Waals surface area contributed by atoms with Crippen LogP contribution < -0.4 is 9.73 Å². The van der Waals surface area contributed by atoms with Crippen molar-refractivity contribution in [2.24, 2.45) is 0 Å². The van der Waals surface area contributed by atoms with E-state index >= 15 is 0 Å². The number of piperidine rings is 1. The van der Waals surface area contributed by atoms with Gasteiger partial charge in [0.05, 0.1) is 29.6 Å². The van der Waals surface area contributed by atoms with Crippen molar-refractivity contribution in [3.05, 3.63) is 68.8 Å². The lowest BCUT2D eigenvalue weighted by atomic mass is 10.1. The van der Waals surface area contributed by atoms with Gasteiger partial charge in [-0.25, -0.2) is 10.0 Å². The molecule has 10 nitrogen and oxygen atoms in total. The number of hydrogen-bond acceptors (Lipinski definition) is 6. The van der Waals surface area contributed by atoms with Gasteiger partial charge < -0.3 is 4.74 Å². The first-order chi connectivity index (χ1) is 19.2. The molecule has 0 bridgehead atoms. The first kappa shape index (κ1) is 29.3. The summed E-state index contributed by atoms with van der Waals surface area (Å²) < 4.78 is 35.5. The number of morpholine rings is 1. The molecule has 2 N–H and O–H groups in total. The van der Waals surface area contributed by atoms with Crippen molar-refractivity contribution in [2.75, 3.05) is 44.4 Å². The molecule has 40 heavy (non-hydrogen) atoms. The lowest BCUT2D eigenvalue weighted by molar-refractivity contribution is 0.0725. The van der Waals surface area contributed by atoms with E-state index in [1.54, 1.807) is 42.5 Å². The van der Waals surface area contributed by atoms with Crippen molar-refractivity contribution in [3.63, 3.8) is 0 Å². The maximum Gasteiger partial charge on any atom is 0.291 e. The van der Waals surface area contributed by atoms with E-state index in [2.05, 4.69) is 14.9 Å². The number of hydrogen-bond donors (Lipinski definition) is 2. The first-order valence-electron chi connectivity index (χ1n) is 12.9. The van der Waals surface area contributed by atoms with Gasteiger partial charge in [0.2, 0.25) is 0 Å². The predicted octanol–water partition coefficient (Wildman–Crippen LogP) is 4.75. The van der Waals surface area contributed by atoms with Gasteiger partial charge in [0.15, 0.2) is 0 Å². The van der Waals surface area contributed by atoms with Crippen LogP contribution in [0.15, 0.2) is 42.5 Å². The van der Waals surface area contributed by atoms with Crippen molar-refractivity contribution in [1.82, 2.24) is 24.2 Å². The van der Waals surface area contributed by atoms with Crippen molar-refractivity contribution < 1.29 is 17.9 Å². The number of H-pyrrole nitrogens is 1. The summed E-state index contributed by atoms with van der Waals surface area (Å²) in [5.41, 5.74) is 2.13. The number of rotatable bonds is 8.